The number of carbonyl (C=O) groups is 3. The second-order valence-corrected chi connectivity index (χ2v) is 6.17. The van der Waals surface area contributed by atoms with E-state index in [0.29, 0.717) is 16.4 Å². The van der Waals surface area contributed by atoms with Crippen LogP contribution < -0.4 is 10.6 Å². The Kier molecular flexibility index (Phi) is 7.14. The summed E-state index contributed by atoms with van der Waals surface area (Å²) < 4.78 is 4.91. The van der Waals surface area contributed by atoms with Crippen LogP contribution in [-0.4, -0.2) is 24.4 Å². The van der Waals surface area contributed by atoms with Crippen molar-refractivity contribution in [2.75, 3.05) is 17.2 Å². The Labute approximate surface area is 162 Å². The van der Waals surface area contributed by atoms with Gasteiger partial charge in [-0.25, -0.2) is 4.79 Å². The fraction of sp³-hybridized carbons (Fsp3) is 0.150. The maximum Gasteiger partial charge on any atom is 0.331 e. The number of amides is 2. The fourth-order valence-corrected chi connectivity index (χ4v) is 2.33. The van der Waals surface area contributed by atoms with Gasteiger partial charge in [0, 0.05) is 29.4 Å². The van der Waals surface area contributed by atoms with Gasteiger partial charge in [0.05, 0.1) is 0 Å². The molecule has 0 aliphatic carbocycles. The molecule has 2 amide bonds. The molecule has 0 aromatic heterocycles. The summed E-state index contributed by atoms with van der Waals surface area (Å²) in [6, 6.07) is 12.0. The second-order valence-electron chi connectivity index (χ2n) is 5.76. The van der Waals surface area contributed by atoms with Gasteiger partial charge in [-0.05, 0) is 48.4 Å². The van der Waals surface area contributed by atoms with Crippen LogP contribution in [0.3, 0.4) is 0 Å². The average molecular weight is 387 g/mol. The predicted molar refractivity (Wildman–Crippen MR) is 106 cm³/mol. The highest BCUT2D eigenvalue weighted by molar-refractivity contribution is 6.31. The van der Waals surface area contributed by atoms with E-state index < -0.39 is 18.5 Å². The van der Waals surface area contributed by atoms with Crippen LogP contribution in [0.4, 0.5) is 11.4 Å². The number of esters is 1. The van der Waals surface area contributed by atoms with E-state index in [0.717, 1.165) is 11.1 Å². The molecule has 0 unspecified atom stereocenters. The van der Waals surface area contributed by atoms with Gasteiger partial charge in [0.1, 0.15) is 0 Å². The van der Waals surface area contributed by atoms with Gasteiger partial charge < -0.3 is 15.4 Å². The third kappa shape index (κ3) is 6.95. The number of nitrogens with one attached hydrogen (secondary N) is 2. The Morgan fingerprint density at radius 2 is 1.78 bits per heavy atom. The summed E-state index contributed by atoms with van der Waals surface area (Å²) in [4.78, 5) is 34.7. The minimum Gasteiger partial charge on any atom is -0.452 e. The zero-order valence-corrected chi connectivity index (χ0v) is 15.7. The Balaban J connectivity index is 1.84. The van der Waals surface area contributed by atoms with E-state index in [4.69, 9.17) is 16.3 Å². The van der Waals surface area contributed by atoms with Crippen molar-refractivity contribution in [2.24, 2.45) is 0 Å². The van der Waals surface area contributed by atoms with Crippen LogP contribution in [0.5, 0.6) is 0 Å². The highest BCUT2D eigenvalue weighted by Crippen LogP contribution is 2.17. The molecule has 2 aromatic rings. The van der Waals surface area contributed by atoms with Gasteiger partial charge in [-0.1, -0.05) is 29.8 Å². The van der Waals surface area contributed by atoms with Gasteiger partial charge in [-0.2, -0.15) is 0 Å². The maximum absolute atomic E-state index is 11.9. The van der Waals surface area contributed by atoms with Crippen LogP contribution in [-0.2, 0) is 19.1 Å². The molecule has 140 valence electrons. The van der Waals surface area contributed by atoms with Crippen LogP contribution >= 0.6 is 11.6 Å². The van der Waals surface area contributed by atoms with Gasteiger partial charge in [0.15, 0.2) is 6.61 Å². The molecule has 0 saturated heterocycles. The van der Waals surface area contributed by atoms with Crippen molar-refractivity contribution >= 4 is 46.8 Å². The zero-order chi connectivity index (χ0) is 19.8. The molecule has 6 nitrogen and oxygen atoms in total. The largest absolute Gasteiger partial charge is 0.452 e. The van der Waals surface area contributed by atoms with Crippen molar-refractivity contribution < 1.29 is 19.1 Å². The number of carbonyl (C=O) groups excluding carboxylic acids is 3. The first kappa shape index (κ1) is 20.2. The smallest absolute Gasteiger partial charge is 0.331 e. The van der Waals surface area contributed by atoms with Crippen molar-refractivity contribution in [3.8, 4) is 0 Å². The van der Waals surface area contributed by atoms with Gasteiger partial charge in [0.25, 0.3) is 5.91 Å². The summed E-state index contributed by atoms with van der Waals surface area (Å²) in [5.41, 5.74) is 2.72. The SMILES string of the molecule is CC(=O)Nc1cccc(NC(=O)COC(=O)/C=C/c2ccc(C)c(Cl)c2)c1. The van der Waals surface area contributed by atoms with E-state index in [9.17, 15) is 14.4 Å². The highest BCUT2D eigenvalue weighted by atomic mass is 35.5. The van der Waals surface area contributed by atoms with E-state index >= 15 is 0 Å². The third-order valence-electron chi connectivity index (χ3n) is 3.42. The summed E-state index contributed by atoms with van der Waals surface area (Å²) in [5, 5.41) is 5.81. The molecule has 0 radical (unpaired) electrons. The number of anilines is 2. The normalized spacial score (nSPS) is 10.5. The minimum atomic E-state index is -0.645. The summed E-state index contributed by atoms with van der Waals surface area (Å²) in [6.07, 6.45) is 2.79. The van der Waals surface area contributed by atoms with E-state index in [1.165, 1.54) is 13.0 Å². The van der Waals surface area contributed by atoms with Crippen LogP contribution in [0.1, 0.15) is 18.1 Å². The van der Waals surface area contributed by atoms with E-state index in [1.807, 2.05) is 19.1 Å². The number of hydrogen-bond acceptors (Lipinski definition) is 4. The Morgan fingerprint density at radius 3 is 2.44 bits per heavy atom. The maximum atomic E-state index is 11.9. The number of halogens is 1. The van der Waals surface area contributed by atoms with Crippen molar-refractivity contribution in [1.29, 1.82) is 0 Å². The van der Waals surface area contributed by atoms with Crippen molar-refractivity contribution in [1.82, 2.24) is 0 Å². The summed E-state index contributed by atoms with van der Waals surface area (Å²) in [5.74, 6) is -1.35. The topological polar surface area (TPSA) is 84.5 Å². The first-order valence-electron chi connectivity index (χ1n) is 8.12. The molecule has 0 aliphatic rings. The molecule has 0 atom stereocenters. The molecule has 0 aliphatic heterocycles. The van der Waals surface area contributed by atoms with E-state index in [-0.39, 0.29) is 5.91 Å². The first-order chi connectivity index (χ1) is 12.8. The lowest BCUT2D eigenvalue weighted by Gasteiger charge is -2.08. The van der Waals surface area contributed by atoms with Gasteiger partial charge in [0.2, 0.25) is 5.91 Å². The van der Waals surface area contributed by atoms with Crippen LogP contribution in [0.2, 0.25) is 5.02 Å². The standard InChI is InChI=1S/C20H19ClN2O4/c1-13-6-7-15(10-18(13)21)8-9-20(26)27-12-19(25)23-17-5-3-4-16(11-17)22-14(2)24/h3-11H,12H2,1-2H3,(H,22,24)(H,23,25)/b9-8+. The predicted octanol–water partition coefficient (Wildman–Crippen LogP) is 3.80. The summed E-state index contributed by atoms with van der Waals surface area (Å²) >= 11 is 6.02. The van der Waals surface area contributed by atoms with E-state index in [1.54, 1.807) is 36.4 Å². The molecule has 0 spiro atoms. The number of benzene rings is 2. The average Bonchev–Trinajstić information content (AvgIpc) is 2.60. The molecule has 2 aromatic carbocycles. The van der Waals surface area contributed by atoms with E-state index in [2.05, 4.69) is 10.6 Å². The monoisotopic (exact) mass is 386 g/mol. The number of aryl methyl sites for hydroxylation is 1. The molecular weight excluding hydrogens is 368 g/mol. The fourth-order valence-electron chi connectivity index (χ4n) is 2.14. The van der Waals surface area contributed by atoms with Crippen LogP contribution in [0, 0.1) is 6.92 Å². The molecule has 7 heteroatoms. The number of hydrogen-bond donors (Lipinski definition) is 2. The number of ether oxygens (including phenoxy) is 1. The van der Waals surface area contributed by atoms with Crippen LogP contribution in [0.25, 0.3) is 6.08 Å². The molecule has 0 fully saturated rings. The lowest BCUT2D eigenvalue weighted by atomic mass is 10.1. The molecule has 2 N–H and O–H groups in total. The lowest BCUT2D eigenvalue weighted by molar-refractivity contribution is -0.142. The highest BCUT2D eigenvalue weighted by Gasteiger charge is 2.07. The summed E-state index contributed by atoms with van der Waals surface area (Å²) in [6.45, 7) is 2.85. The van der Waals surface area contributed by atoms with Crippen molar-refractivity contribution in [3.63, 3.8) is 0 Å². The quantitative estimate of drug-likeness (QED) is 0.584. The Bertz CT molecular complexity index is 893. The Hall–Kier alpha value is -3.12. The molecule has 0 heterocycles. The molecule has 0 bridgehead atoms. The summed E-state index contributed by atoms with van der Waals surface area (Å²) in [7, 11) is 0. The molecular formula is C20H19ClN2O4. The zero-order valence-electron chi connectivity index (χ0n) is 14.9. The van der Waals surface area contributed by atoms with Gasteiger partial charge in [-0.15, -0.1) is 0 Å². The van der Waals surface area contributed by atoms with Crippen molar-refractivity contribution in [2.45, 2.75) is 13.8 Å². The van der Waals surface area contributed by atoms with Crippen LogP contribution in [0.15, 0.2) is 48.5 Å². The minimum absolute atomic E-state index is 0.214. The first-order valence-corrected chi connectivity index (χ1v) is 8.50. The molecule has 27 heavy (non-hydrogen) atoms. The van der Waals surface area contributed by atoms with Crippen molar-refractivity contribution in [3.05, 3.63) is 64.7 Å². The third-order valence-corrected chi connectivity index (χ3v) is 3.83. The molecule has 0 saturated carbocycles. The van der Waals surface area contributed by atoms with Gasteiger partial charge in [-0.3, -0.25) is 9.59 Å². The number of rotatable bonds is 6. The molecule has 2 rings (SSSR count). The lowest BCUT2D eigenvalue weighted by Crippen LogP contribution is -2.20. The Morgan fingerprint density at radius 1 is 1.07 bits per heavy atom. The van der Waals surface area contributed by atoms with Gasteiger partial charge >= 0.3 is 5.97 Å². The second kappa shape index (κ2) is 9.54.